The van der Waals surface area contributed by atoms with Crippen molar-refractivity contribution in [3.8, 4) is 11.6 Å². The predicted molar refractivity (Wildman–Crippen MR) is 122 cm³/mol. The van der Waals surface area contributed by atoms with Crippen molar-refractivity contribution in [2.75, 3.05) is 37.0 Å². The zero-order chi connectivity index (χ0) is 21.8. The van der Waals surface area contributed by atoms with Crippen LogP contribution in [0.4, 0.5) is 0 Å². The summed E-state index contributed by atoms with van der Waals surface area (Å²) in [5.41, 5.74) is 0.753. The number of hydrogen-bond acceptors (Lipinski definition) is 3. The Balaban J connectivity index is 0. The molecule has 0 aliphatic rings. The molecule has 0 N–H and O–H groups in total. The molecule has 0 atom stereocenters. The van der Waals surface area contributed by atoms with Gasteiger partial charge in [0.2, 0.25) is 0 Å². The van der Waals surface area contributed by atoms with Crippen molar-refractivity contribution in [1.29, 1.82) is 0 Å². The van der Waals surface area contributed by atoms with Crippen molar-refractivity contribution in [2.24, 2.45) is 0 Å². The summed E-state index contributed by atoms with van der Waals surface area (Å²) >= 11 is 5.35. The third-order valence-electron chi connectivity index (χ3n) is 4.09. The zero-order valence-electron chi connectivity index (χ0n) is 17.9. The molecule has 0 radical (unpaired) electrons. The van der Waals surface area contributed by atoms with Crippen molar-refractivity contribution < 1.29 is 31.5 Å². The number of halogens is 1. The van der Waals surface area contributed by atoms with E-state index in [1.807, 2.05) is 18.2 Å². The van der Waals surface area contributed by atoms with Gasteiger partial charge >= 0.3 is 30.6 Å². The molecule has 8 heteroatoms. The normalized spacial score (nSPS) is 9.68. The third-order valence-corrected chi connectivity index (χ3v) is 9.45. The maximum atomic E-state index is 10.6. The van der Waals surface area contributed by atoms with Gasteiger partial charge in [-0.2, -0.15) is 4.68 Å². The van der Waals surface area contributed by atoms with E-state index in [9.17, 15) is 5.11 Å². The fourth-order valence-corrected chi connectivity index (χ4v) is 4.91. The second-order valence-electron chi connectivity index (χ2n) is 5.46. The van der Waals surface area contributed by atoms with E-state index in [4.69, 9.17) is 0 Å². The van der Waals surface area contributed by atoms with Crippen LogP contribution in [0, 0.1) is 6.20 Å². The van der Waals surface area contributed by atoms with E-state index in [1.165, 1.54) is 41.7 Å². The first-order chi connectivity index (χ1) is 13.6. The van der Waals surface area contributed by atoms with Crippen molar-refractivity contribution in [3.05, 3.63) is 36.5 Å². The van der Waals surface area contributed by atoms with Crippen LogP contribution >= 0.6 is 29.3 Å². The van der Waals surface area contributed by atoms with E-state index in [2.05, 4.69) is 88.1 Å². The van der Waals surface area contributed by atoms with Crippen LogP contribution in [0.2, 0.25) is 0 Å². The van der Waals surface area contributed by atoms with E-state index in [0.29, 0.717) is 15.8 Å². The number of nitrogens with zero attached hydrogens (tertiary/aromatic N) is 2. The standard InChI is InChI=1S/C8H6N2O2.2C6H15P.BrH.Pd/c11-8-6-10(9-12-8)7-4-2-1-3-5-7;2*1-4-7(5-2)6-3;;/h1-5,11H;2*4-6H2,1-3H3;1H;/q;;;;+2/p-2. The van der Waals surface area contributed by atoms with Gasteiger partial charge in [0.25, 0.3) is 0 Å². The molecule has 164 valence electrons. The first kappa shape index (κ1) is 30.4. The van der Waals surface area contributed by atoms with E-state index in [1.54, 1.807) is 12.1 Å². The maximum Gasteiger partial charge on any atom is 0.109 e. The molecule has 0 saturated carbocycles. The summed E-state index contributed by atoms with van der Waals surface area (Å²) in [7, 11) is 0.892. The Bertz CT molecular complexity index is 531. The van der Waals surface area contributed by atoms with Gasteiger partial charge in [0.15, 0.2) is 0 Å². The topological polar surface area (TPSA) is 53.0 Å². The van der Waals surface area contributed by atoms with Gasteiger partial charge in [0.1, 0.15) is 6.20 Å². The Labute approximate surface area is 192 Å². The smallest absolute Gasteiger partial charge is 0.109 e. The monoisotopic (exact) mass is 582 g/mol. The van der Waals surface area contributed by atoms with Gasteiger partial charge in [-0.25, -0.2) is 0 Å². The molecular weight excluding hydrogens is 549 g/mol. The summed E-state index contributed by atoms with van der Waals surface area (Å²) < 4.78 is 5.59. The minimum absolute atomic E-state index is 0.446. The van der Waals surface area contributed by atoms with Crippen molar-refractivity contribution in [1.82, 2.24) is 5.27 Å². The summed E-state index contributed by atoms with van der Waals surface area (Å²) in [6, 6.07) is 9.17. The van der Waals surface area contributed by atoms with Gasteiger partial charge in [-0.3, -0.25) is 0 Å². The quantitative estimate of drug-likeness (QED) is 0.181. The Morgan fingerprint density at radius 1 is 0.893 bits per heavy atom. The number of hydrogen-bond donors (Lipinski definition) is 0. The van der Waals surface area contributed by atoms with Gasteiger partial charge in [-0.05, 0) is 37.0 Å². The number of para-hydroxylation sites is 1. The average molecular weight is 584 g/mol. The molecule has 0 aliphatic carbocycles. The molecular formula is C20H35BrN2O2P2Pd. The molecule has 2 rings (SSSR count). The molecule has 2 aromatic rings. The minimum atomic E-state index is -0.571. The summed E-state index contributed by atoms with van der Waals surface area (Å²) in [5, 5.41) is 14.0. The molecule has 1 aromatic carbocycles. The van der Waals surface area contributed by atoms with Crippen molar-refractivity contribution in [2.45, 2.75) is 41.5 Å². The molecule has 28 heavy (non-hydrogen) atoms. The first-order valence-corrected chi connectivity index (χ1v) is 17.0. The van der Waals surface area contributed by atoms with E-state index in [-0.39, 0.29) is 0 Å². The first-order valence-electron chi connectivity index (χ1n) is 9.66. The second-order valence-corrected chi connectivity index (χ2v) is 11.9. The van der Waals surface area contributed by atoms with Crippen molar-refractivity contribution >= 4 is 29.3 Å². The molecule has 0 unspecified atom stereocenters. The minimum Gasteiger partial charge on any atom is -0.560 e. The summed E-state index contributed by atoms with van der Waals surface area (Å²) in [4.78, 5) is 0. The van der Waals surface area contributed by atoms with E-state index >= 15 is 0 Å². The largest absolute Gasteiger partial charge is 0.560 e. The third kappa shape index (κ3) is 15.1. The van der Waals surface area contributed by atoms with Crippen LogP contribution < -0.4 is 9.79 Å². The molecule has 0 fully saturated rings. The fraction of sp³-hybridized carbons (Fsp3) is 0.600. The molecule has 1 aromatic heterocycles. The van der Waals surface area contributed by atoms with E-state index < -0.39 is 5.95 Å². The summed E-state index contributed by atoms with van der Waals surface area (Å²) in [5.74, 6) is -0.571. The summed E-state index contributed by atoms with van der Waals surface area (Å²) in [6.45, 7) is 13.7. The Morgan fingerprint density at radius 2 is 1.29 bits per heavy atom. The molecule has 0 saturated heterocycles. The van der Waals surface area contributed by atoms with Gasteiger partial charge in [0.05, 0.1) is 11.6 Å². The predicted octanol–water partition coefficient (Wildman–Crippen LogP) is 5.72. The van der Waals surface area contributed by atoms with Crippen LogP contribution in [-0.2, 0) is 17.2 Å². The Hall–Kier alpha value is 0.162. The molecule has 0 amide bonds. The molecule has 4 nitrogen and oxygen atoms in total. The fourth-order valence-electron chi connectivity index (χ4n) is 2.23. The van der Waals surface area contributed by atoms with Crippen LogP contribution in [0.15, 0.2) is 34.9 Å². The van der Waals surface area contributed by atoms with Gasteiger partial charge < -0.3 is 9.63 Å². The summed E-state index contributed by atoms with van der Waals surface area (Å²) in [6.07, 6.45) is 10.9. The molecule has 1 heterocycles. The van der Waals surface area contributed by atoms with E-state index in [0.717, 1.165) is 5.69 Å². The molecule has 0 spiro atoms. The zero-order valence-corrected chi connectivity index (χ0v) is 22.9. The second kappa shape index (κ2) is 21.9. The van der Waals surface area contributed by atoms with Crippen LogP contribution in [0.25, 0.3) is 5.69 Å². The average Bonchev–Trinajstić information content (AvgIpc) is 3.20. The van der Waals surface area contributed by atoms with Crippen LogP contribution in [-0.4, -0.2) is 42.2 Å². The van der Waals surface area contributed by atoms with Crippen LogP contribution in [0.1, 0.15) is 41.5 Å². The number of rotatable bonds is 7. The number of benzene rings is 1. The Morgan fingerprint density at radius 3 is 1.54 bits per heavy atom. The number of aromatic nitrogens is 2. The SMILES string of the molecule is CCP(CC)CC.CCP(CC)CC.[Br][Pd+].[O-]c1[c-][n+](-c2ccccc2)no1. The van der Waals surface area contributed by atoms with Crippen molar-refractivity contribution in [3.63, 3.8) is 0 Å². The van der Waals surface area contributed by atoms with Crippen LogP contribution in [0.5, 0.6) is 5.95 Å². The molecule has 0 aliphatic heterocycles. The van der Waals surface area contributed by atoms with Crippen LogP contribution in [0.3, 0.4) is 0 Å². The van der Waals surface area contributed by atoms with Gasteiger partial charge in [-0.1, -0.05) is 71.9 Å². The van der Waals surface area contributed by atoms with Gasteiger partial charge in [-0.15, -0.1) is 15.8 Å². The Kier molecular flexibility index (Phi) is 23.7. The molecule has 0 bridgehead atoms. The maximum absolute atomic E-state index is 10.6. The van der Waals surface area contributed by atoms with Gasteiger partial charge in [0, 0.05) is 5.27 Å².